The molecule has 2 aromatic heterocycles. The second-order valence-electron chi connectivity index (χ2n) is 4.91. The predicted molar refractivity (Wildman–Crippen MR) is 93.2 cm³/mol. The van der Waals surface area contributed by atoms with Gasteiger partial charge in [-0.15, -0.1) is 0 Å². The van der Waals surface area contributed by atoms with Gasteiger partial charge in [-0.1, -0.05) is 18.2 Å². The van der Waals surface area contributed by atoms with Gasteiger partial charge in [-0.05, 0) is 48.1 Å². The Balaban J connectivity index is 0.000000181. The Hall–Kier alpha value is -2.58. The molecule has 0 fully saturated rings. The van der Waals surface area contributed by atoms with Gasteiger partial charge < -0.3 is 10.8 Å². The number of aliphatic hydroxyl groups excluding tert-OH is 1. The zero-order valence-electron chi connectivity index (χ0n) is 12.9. The topological polar surface area (TPSA) is 72.0 Å². The fourth-order valence-corrected chi connectivity index (χ4v) is 2.16. The van der Waals surface area contributed by atoms with Gasteiger partial charge in [0, 0.05) is 18.1 Å². The molecule has 130 valence electrons. The van der Waals surface area contributed by atoms with Gasteiger partial charge in [-0.2, -0.15) is 13.2 Å². The zero-order valence-corrected chi connectivity index (χ0v) is 13.7. The summed E-state index contributed by atoms with van der Waals surface area (Å²) in [6, 6.07) is 12.5. The summed E-state index contributed by atoms with van der Waals surface area (Å²) in [5, 5.41) is 9.76. The number of rotatable bonds is 2. The number of alkyl halides is 3. The van der Waals surface area contributed by atoms with Crippen LogP contribution in [-0.2, 0) is 12.7 Å². The van der Waals surface area contributed by atoms with E-state index in [2.05, 4.69) is 22.2 Å². The first-order chi connectivity index (χ1) is 11.8. The van der Waals surface area contributed by atoms with Crippen molar-refractivity contribution in [2.24, 2.45) is 5.73 Å². The summed E-state index contributed by atoms with van der Waals surface area (Å²) < 4.78 is 36.5. The van der Waals surface area contributed by atoms with E-state index in [1.54, 1.807) is 12.3 Å². The lowest BCUT2D eigenvalue weighted by Crippen LogP contribution is -2.11. The normalized spacial score (nSPS) is 10.9. The number of fused-ring (bicyclic) bond motifs is 1. The molecule has 0 aliphatic rings. The minimum absolute atomic E-state index is 0.0876. The van der Waals surface area contributed by atoms with Crippen molar-refractivity contribution >= 4 is 28.3 Å². The third kappa shape index (κ3) is 4.94. The number of benzene rings is 1. The highest BCUT2D eigenvalue weighted by Gasteiger charge is 2.32. The molecule has 0 bridgehead atoms. The van der Waals surface area contributed by atoms with Crippen LogP contribution in [0.25, 0.3) is 11.0 Å². The summed E-state index contributed by atoms with van der Waals surface area (Å²) in [5.74, 6) is 0. The first-order valence-electron chi connectivity index (χ1n) is 7.13. The Morgan fingerprint density at radius 1 is 1.08 bits per heavy atom. The molecule has 25 heavy (non-hydrogen) atoms. The molecule has 4 nitrogen and oxygen atoms in total. The number of nitrogens with two attached hydrogens (primary N) is 1. The van der Waals surface area contributed by atoms with Crippen molar-refractivity contribution in [3.8, 4) is 0 Å². The second kappa shape index (κ2) is 8.00. The summed E-state index contributed by atoms with van der Waals surface area (Å²) in [4.78, 5) is 8.11. The quantitative estimate of drug-likeness (QED) is 0.671. The van der Waals surface area contributed by atoms with Crippen molar-refractivity contribution in [2.75, 3.05) is 0 Å². The van der Waals surface area contributed by atoms with Crippen LogP contribution in [0.3, 0.4) is 0 Å². The number of halogens is 3. The molecule has 3 aromatic rings. The largest absolute Gasteiger partial charge is 0.497 e. The average Bonchev–Trinajstić information content (AvgIpc) is 2.61. The Morgan fingerprint density at radius 3 is 2.40 bits per heavy atom. The number of thiocarbonyl (C=S) groups is 1. The molecular weight excluding hydrogens is 351 g/mol. The maximum absolute atomic E-state index is 12.2. The molecule has 2 heterocycles. The van der Waals surface area contributed by atoms with Crippen LogP contribution in [0.1, 0.15) is 16.8 Å². The molecule has 0 saturated carbocycles. The lowest BCUT2D eigenvalue weighted by atomic mass is 10.1. The molecule has 0 amide bonds. The standard InChI is InChI=1S/C9H6N2OS.C8H8F3N/c12-9(13)7-4-3-6-2-1-5-10-8(6)11-7;9-8(10,11)7-4-2-1-3-6(7)5-12/h1-5H,(H,12,13);1-4H,5,12H2. The van der Waals surface area contributed by atoms with E-state index in [4.69, 9.17) is 10.8 Å². The van der Waals surface area contributed by atoms with Crippen molar-refractivity contribution < 1.29 is 18.3 Å². The van der Waals surface area contributed by atoms with Crippen LogP contribution in [0.15, 0.2) is 54.7 Å². The number of aromatic nitrogens is 2. The first kappa shape index (κ1) is 18.8. The number of aliphatic hydroxyl groups is 1. The highest BCUT2D eigenvalue weighted by Crippen LogP contribution is 2.31. The van der Waals surface area contributed by atoms with Gasteiger partial charge in [0.05, 0.1) is 5.56 Å². The molecule has 0 saturated heterocycles. The maximum atomic E-state index is 12.2. The van der Waals surface area contributed by atoms with Crippen molar-refractivity contribution in [3.05, 3.63) is 71.5 Å². The van der Waals surface area contributed by atoms with Gasteiger partial charge in [-0.25, -0.2) is 9.97 Å². The first-order valence-corrected chi connectivity index (χ1v) is 7.54. The predicted octanol–water partition coefficient (Wildman–Crippen LogP) is 4.03. The Morgan fingerprint density at radius 2 is 1.80 bits per heavy atom. The van der Waals surface area contributed by atoms with Gasteiger partial charge in [0.2, 0.25) is 5.05 Å². The van der Waals surface area contributed by atoms with E-state index in [1.165, 1.54) is 18.2 Å². The van der Waals surface area contributed by atoms with E-state index < -0.39 is 11.7 Å². The van der Waals surface area contributed by atoms with E-state index in [0.717, 1.165) is 11.5 Å². The third-order valence-electron chi connectivity index (χ3n) is 3.23. The fourth-order valence-electron chi connectivity index (χ4n) is 2.05. The molecule has 0 aliphatic heterocycles. The van der Waals surface area contributed by atoms with Crippen LogP contribution in [0, 0.1) is 0 Å². The fraction of sp³-hybridized carbons (Fsp3) is 0.118. The van der Waals surface area contributed by atoms with E-state index in [1.807, 2.05) is 18.2 Å². The summed E-state index contributed by atoms with van der Waals surface area (Å²) in [6.07, 6.45) is -2.64. The lowest BCUT2D eigenvalue weighted by molar-refractivity contribution is -0.138. The molecule has 0 radical (unpaired) electrons. The molecule has 3 N–H and O–H groups in total. The van der Waals surface area contributed by atoms with Gasteiger partial charge >= 0.3 is 6.18 Å². The third-order valence-corrected chi connectivity index (χ3v) is 3.43. The molecule has 1 aromatic carbocycles. The van der Waals surface area contributed by atoms with Gasteiger partial charge in [0.25, 0.3) is 0 Å². The second-order valence-corrected chi connectivity index (χ2v) is 5.30. The maximum Gasteiger partial charge on any atom is 0.416 e. The SMILES string of the molecule is NCc1ccccc1C(F)(F)F.OC(=S)c1ccc2cccnc2n1. The van der Waals surface area contributed by atoms with Crippen molar-refractivity contribution in [2.45, 2.75) is 12.7 Å². The van der Waals surface area contributed by atoms with Gasteiger partial charge in [0.15, 0.2) is 5.65 Å². The van der Waals surface area contributed by atoms with E-state index in [9.17, 15) is 13.2 Å². The number of hydrogen-bond donors (Lipinski definition) is 2. The number of nitrogens with zero attached hydrogens (tertiary/aromatic N) is 2. The zero-order chi connectivity index (χ0) is 18.4. The van der Waals surface area contributed by atoms with Crippen LogP contribution >= 0.6 is 12.2 Å². The summed E-state index contributed by atoms with van der Waals surface area (Å²) in [6.45, 7) is -0.0876. The highest BCUT2D eigenvalue weighted by atomic mass is 32.1. The average molecular weight is 365 g/mol. The van der Waals surface area contributed by atoms with Crippen molar-refractivity contribution in [1.82, 2.24) is 9.97 Å². The number of hydrogen-bond acceptors (Lipinski definition) is 4. The van der Waals surface area contributed by atoms with Crippen LogP contribution < -0.4 is 5.73 Å². The smallest absolute Gasteiger partial charge is 0.416 e. The van der Waals surface area contributed by atoms with Crippen LogP contribution in [0.5, 0.6) is 0 Å². The van der Waals surface area contributed by atoms with Crippen LogP contribution in [0.2, 0.25) is 0 Å². The van der Waals surface area contributed by atoms with Gasteiger partial charge in [-0.3, -0.25) is 0 Å². The molecule has 0 atom stereocenters. The Bertz CT molecular complexity index is 884. The molecule has 0 unspecified atom stereocenters. The molecular formula is C17H14F3N3OS. The molecule has 0 aliphatic carbocycles. The Kier molecular flexibility index (Phi) is 6.00. The minimum atomic E-state index is -4.30. The van der Waals surface area contributed by atoms with E-state index >= 15 is 0 Å². The van der Waals surface area contributed by atoms with E-state index in [0.29, 0.717) is 11.3 Å². The van der Waals surface area contributed by atoms with Gasteiger partial charge in [0.1, 0.15) is 5.69 Å². The van der Waals surface area contributed by atoms with Crippen molar-refractivity contribution in [1.29, 1.82) is 0 Å². The molecule has 3 rings (SSSR count). The molecule has 0 spiro atoms. The number of pyridine rings is 2. The monoisotopic (exact) mass is 365 g/mol. The molecule has 8 heteroatoms. The summed E-state index contributed by atoms with van der Waals surface area (Å²) in [5.41, 5.74) is 5.62. The van der Waals surface area contributed by atoms with Crippen LogP contribution in [0.4, 0.5) is 13.2 Å². The van der Waals surface area contributed by atoms with Crippen molar-refractivity contribution in [3.63, 3.8) is 0 Å². The lowest BCUT2D eigenvalue weighted by Gasteiger charge is -2.10. The Labute approximate surface area is 147 Å². The van der Waals surface area contributed by atoms with E-state index in [-0.39, 0.29) is 17.2 Å². The highest BCUT2D eigenvalue weighted by molar-refractivity contribution is 7.80. The summed E-state index contributed by atoms with van der Waals surface area (Å²) >= 11 is 4.59. The van der Waals surface area contributed by atoms with Crippen LogP contribution in [-0.4, -0.2) is 20.1 Å². The summed E-state index contributed by atoms with van der Waals surface area (Å²) in [7, 11) is 0. The minimum Gasteiger partial charge on any atom is -0.497 e.